The molecule has 1 aliphatic rings. The van der Waals surface area contributed by atoms with Crippen LogP contribution in [0, 0.1) is 0 Å². The minimum atomic E-state index is 0.412. The molecule has 1 atom stereocenters. The van der Waals surface area contributed by atoms with Gasteiger partial charge < -0.3 is 5.32 Å². The maximum Gasteiger partial charge on any atom is 0.138 e. The zero-order valence-corrected chi connectivity index (χ0v) is 8.90. The van der Waals surface area contributed by atoms with Crippen molar-refractivity contribution in [2.75, 3.05) is 13.1 Å². The standard InChI is InChI=1S/C10H18N4/c1-8(2)14-10(12-7-13-14)9-4-3-5-11-6-9/h7-9,11H,3-6H2,1-2H3/t9-/m1/s1. The van der Waals surface area contributed by atoms with E-state index in [1.807, 2.05) is 4.68 Å². The van der Waals surface area contributed by atoms with Gasteiger partial charge in [0.15, 0.2) is 0 Å². The van der Waals surface area contributed by atoms with E-state index in [1.54, 1.807) is 6.33 Å². The van der Waals surface area contributed by atoms with E-state index >= 15 is 0 Å². The van der Waals surface area contributed by atoms with Crippen molar-refractivity contribution in [3.05, 3.63) is 12.2 Å². The summed E-state index contributed by atoms with van der Waals surface area (Å²) < 4.78 is 2.04. The molecular weight excluding hydrogens is 176 g/mol. The van der Waals surface area contributed by atoms with Gasteiger partial charge in [0, 0.05) is 18.5 Å². The zero-order chi connectivity index (χ0) is 9.97. The van der Waals surface area contributed by atoms with Gasteiger partial charge in [0.25, 0.3) is 0 Å². The molecule has 1 fully saturated rings. The van der Waals surface area contributed by atoms with Crippen LogP contribution in [-0.2, 0) is 0 Å². The topological polar surface area (TPSA) is 42.7 Å². The number of piperidine rings is 1. The third kappa shape index (κ3) is 1.80. The van der Waals surface area contributed by atoms with Gasteiger partial charge in [0.05, 0.1) is 0 Å². The molecular formula is C10H18N4. The van der Waals surface area contributed by atoms with Gasteiger partial charge in [-0.3, -0.25) is 0 Å². The van der Waals surface area contributed by atoms with Crippen LogP contribution in [0.3, 0.4) is 0 Å². The van der Waals surface area contributed by atoms with Gasteiger partial charge >= 0.3 is 0 Å². The highest BCUT2D eigenvalue weighted by Gasteiger charge is 2.21. The lowest BCUT2D eigenvalue weighted by Gasteiger charge is -2.23. The van der Waals surface area contributed by atoms with Crippen LogP contribution in [-0.4, -0.2) is 27.9 Å². The van der Waals surface area contributed by atoms with Crippen LogP contribution in [0.5, 0.6) is 0 Å². The molecule has 0 radical (unpaired) electrons. The number of rotatable bonds is 2. The van der Waals surface area contributed by atoms with Gasteiger partial charge in [0.1, 0.15) is 12.2 Å². The molecule has 1 aliphatic heterocycles. The van der Waals surface area contributed by atoms with Gasteiger partial charge in [-0.1, -0.05) is 0 Å². The predicted molar refractivity (Wildman–Crippen MR) is 55.3 cm³/mol. The smallest absolute Gasteiger partial charge is 0.138 e. The SMILES string of the molecule is CC(C)n1ncnc1[C@@H]1CCCNC1. The van der Waals surface area contributed by atoms with Crippen LogP contribution in [0.15, 0.2) is 6.33 Å². The van der Waals surface area contributed by atoms with Gasteiger partial charge in [-0.2, -0.15) is 5.10 Å². The molecule has 1 aromatic rings. The number of aromatic nitrogens is 3. The largest absolute Gasteiger partial charge is 0.316 e. The van der Waals surface area contributed by atoms with Crippen LogP contribution in [0.1, 0.15) is 44.5 Å². The Bertz CT molecular complexity index is 286. The molecule has 1 saturated heterocycles. The summed E-state index contributed by atoms with van der Waals surface area (Å²) in [6, 6.07) is 0.412. The Balaban J connectivity index is 2.17. The summed E-state index contributed by atoms with van der Waals surface area (Å²) in [6.07, 6.45) is 4.15. The van der Waals surface area contributed by atoms with E-state index in [0.29, 0.717) is 12.0 Å². The Morgan fingerprint density at radius 1 is 1.57 bits per heavy atom. The van der Waals surface area contributed by atoms with E-state index in [-0.39, 0.29) is 0 Å². The molecule has 14 heavy (non-hydrogen) atoms. The van der Waals surface area contributed by atoms with Gasteiger partial charge in [-0.25, -0.2) is 9.67 Å². The van der Waals surface area contributed by atoms with E-state index in [0.717, 1.165) is 18.9 Å². The van der Waals surface area contributed by atoms with Gasteiger partial charge in [-0.05, 0) is 33.2 Å². The molecule has 0 spiro atoms. The fourth-order valence-corrected chi connectivity index (χ4v) is 2.02. The quantitative estimate of drug-likeness (QED) is 0.772. The summed E-state index contributed by atoms with van der Waals surface area (Å²) in [5.74, 6) is 1.70. The summed E-state index contributed by atoms with van der Waals surface area (Å²) >= 11 is 0. The van der Waals surface area contributed by atoms with E-state index in [1.165, 1.54) is 12.8 Å². The van der Waals surface area contributed by atoms with Gasteiger partial charge in [0.2, 0.25) is 0 Å². The molecule has 0 bridgehead atoms. The number of nitrogens with one attached hydrogen (secondary N) is 1. The lowest BCUT2D eigenvalue weighted by atomic mass is 9.99. The van der Waals surface area contributed by atoms with Crippen LogP contribution < -0.4 is 5.32 Å². The van der Waals surface area contributed by atoms with E-state index < -0.39 is 0 Å². The summed E-state index contributed by atoms with van der Waals surface area (Å²) in [5.41, 5.74) is 0. The third-order valence-corrected chi connectivity index (χ3v) is 2.75. The summed E-state index contributed by atoms with van der Waals surface area (Å²) in [6.45, 7) is 6.49. The highest BCUT2D eigenvalue weighted by molar-refractivity contribution is 4.99. The predicted octanol–water partition coefficient (Wildman–Crippen LogP) is 1.33. The van der Waals surface area contributed by atoms with Crippen molar-refractivity contribution < 1.29 is 0 Å². The van der Waals surface area contributed by atoms with Crippen molar-refractivity contribution in [3.8, 4) is 0 Å². The van der Waals surface area contributed by atoms with Crippen LogP contribution in [0.25, 0.3) is 0 Å². The molecule has 1 N–H and O–H groups in total. The molecule has 4 nitrogen and oxygen atoms in total. The second-order valence-electron chi connectivity index (χ2n) is 4.20. The van der Waals surface area contributed by atoms with E-state index in [2.05, 4.69) is 29.2 Å². The lowest BCUT2D eigenvalue weighted by Crippen LogP contribution is -2.30. The monoisotopic (exact) mass is 194 g/mol. The summed E-state index contributed by atoms with van der Waals surface area (Å²) in [7, 11) is 0. The number of nitrogens with zero attached hydrogens (tertiary/aromatic N) is 3. The second kappa shape index (κ2) is 4.09. The van der Waals surface area contributed by atoms with Crippen molar-refractivity contribution in [1.82, 2.24) is 20.1 Å². The van der Waals surface area contributed by atoms with Crippen LogP contribution in [0.4, 0.5) is 0 Å². The Morgan fingerprint density at radius 3 is 3.07 bits per heavy atom. The minimum Gasteiger partial charge on any atom is -0.316 e. The Morgan fingerprint density at radius 2 is 2.43 bits per heavy atom. The van der Waals surface area contributed by atoms with Crippen LogP contribution in [0.2, 0.25) is 0 Å². The molecule has 1 aromatic heterocycles. The third-order valence-electron chi connectivity index (χ3n) is 2.75. The molecule has 0 aromatic carbocycles. The second-order valence-corrected chi connectivity index (χ2v) is 4.20. The summed E-state index contributed by atoms with van der Waals surface area (Å²) in [4.78, 5) is 4.37. The number of hydrogen-bond acceptors (Lipinski definition) is 3. The van der Waals surface area contributed by atoms with Crippen molar-refractivity contribution in [2.45, 2.75) is 38.6 Å². The van der Waals surface area contributed by atoms with Crippen molar-refractivity contribution in [3.63, 3.8) is 0 Å². The van der Waals surface area contributed by atoms with Crippen molar-refractivity contribution in [2.24, 2.45) is 0 Å². The maximum absolute atomic E-state index is 4.37. The molecule has 0 unspecified atom stereocenters. The maximum atomic E-state index is 4.37. The Kier molecular flexibility index (Phi) is 2.82. The fourth-order valence-electron chi connectivity index (χ4n) is 2.02. The fraction of sp³-hybridized carbons (Fsp3) is 0.800. The number of hydrogen-bond donors (Lipinski definition) is 1. The average Bonchev–Trinajstić information content (AvgIpc) is 2.67. The molecule has 4 heteroatoms. The summed E-state index contributed by atoms with van der Waals surface area (Å²) in [5, 5.41) is 7.68. The molecule has 2 rings (SSSR count). The van der Waals surface area contributed by atoms with E-state index in [9.17, 15) is 0 Å². The Labute approximate surface area is 84.7 Å². The first-order valence-electron chi connectivity index (χ1n) is 5.39. The zero-order valence-electron chi connectivity index (χ0n) is 8.90. The molecule has 0 saturated carbocycles. The first kappa shape index (κ1) is 9.65. The minimum absolute atomic E-state index is 0.412. The average molecular weight is 194 g/mol. The van der Waals surface area contributed by atoms with E-state index in [4.69, 9.17) is 0 Å². The van der Waals surface area contributed by atoms with Crippen molar-refractivity contribution >= 4 is 0 Å². The van der Waals surface area contributed by atoms with Crippen LogP contribution >= 0.6 is 0 Å². The normalized spacial score (nSPS) is 22.9. The first-order chi connectivity index (χ1) is 6.79. The van der Waals surface area contributed by atoms with Gasteiger partial charge in [-0.15, -0.1) is 0 Å². The highest BCUT2D eigenvalue weighted by Crippen LogP contribution is 2.22. The lowest BCUT2D eigenvalue weighted by molar-refractivity contribution is 0.407. The molecule has 2 heterocycles. The Hall–Kier alpha value is -0.900. The molecule has 0 amide bonds. The van der Waals surface area contributed by atoms with Crippen molar-refractivity contribution in [1.29, 1.82) is 0 Å². The molecule has 0 aliphatic carbocycles. The highest BCUT2D eigenvalue weighted by atomic mass is 15.3. The molecule has 78 valence electrons. The first-order valence-corrected chi connectivity index (χ1v) is 5.39.